The number of rotatable bonds is 5. The average molecular weight is 619 g/mol. The predicted octanol–water partition coefficient (Wildman–Crippen LogP) is 11.1. The molecule has 9 rings (SSSR count). The first-order valence-corrected chi connectivity index (χ1v) is 16.4. The molecule has 5 heteroatoms. The monoisotopic (exact) mass is 618 g/mol. The molecule has 4 nitrogen and oxygen atoms in total. The fraction of sp³-hybridized carbons (Fsp3) is 0. The zero-order chi connectivity index (χ0) is 31.2. The number of benzene rings is 6. The van der Waals surface area contributed by atoms with Crippen molar-refractivity contribution in [3.63, 3.8) is 0 Å². The Hall–Kier alpha value is -6.04. The number of hydrogen-bond acceptors (Lipinski definition) is 5. The Morgan fingerprint density at radius 2 is 1.00 bits per heavy atom. The van der Waals surface area contributed by atoms with E-state index in [0.29, 0.717) is 11.6 Å². The van der Waals surface area contributed by atoms with Gasteiger partial charge in [0.15, 0.2) is 11.6 Å². The lowest BCUT2D eigenvalue weighted by Crippen LogP contribution is -1.97. The smallest absolute Gasteiger partial charge is 0.160 e. The molecule has 3 heterocycles. The van der Waals surface area contributed by atoms with Crippen molar-refractivity contribution in [3.05, 3.63) is 158 Å². The van der Waals surface area contributed by atoms with Crippen LogP contribution in [0.5, 0.6) is 0 Å². The third kappa shape index (κ3) is 4.94. The predicted molar refractivity (Wildman–Crippen MR) is 195 cm³/mol. The highest BCUT2D eigenvalue weighted by atomic mass is 32.1. The molecule has 0 saturated heterocycles. The zero-order valence-electron chi connectivity index (χ0n) is 25.2. The van der Waals surface area contributed by atoms with E-state index < -0.39 is 0 Å². The van der Waals surface area contributed by atoms with Crippen molar-refractivity contribution in [2.24, 2.45) is 0 Å². The first kappa shape index (κ1) is 27.3. The van der Waals surface area contributed by atoms with E-state index >= 15 is 0 Å². The Bertz CT molecular complexity index is 2550. The second-order valence-electron chi connectivity index (χ2n) is 11.5. The Morgan fingerprint density at radius 1 is 0.404 bits per heavy atom. The summed E-state index contributed by atoms with van der Waals surface area (Å²) in [4.78, 5) is 20.5. The van der Waals surface area contributed by atoms with Crippen LogP contribution in [0.4, 0.5) is 0 Å². The molecule has 0 atom stereocenters. The number of nitrogens with zero attached hydrogens (tertiary/aromatic N) is 4. The first-order valence-electron chi connectivity index (χ1n) is 15.6. The van der Waals surface area contributed by atoms with Crippen molar-refractivity contribution in [2.45, 2.75) is 0 Å². The van der Waals surface area contributed by atoms with Crippen molar-refractivity contribution in [3.8, 4) is 56.5 Å². The molecule has 0 unspecified atom stereocenters. The summed E-state index contributed by atoms with van der Waals surface area (Å²) in [5.74, 6) is 1.37. The Balaban J connectivity index is 1.18. The van der Waals surface area contributed by atoms with Gasteiger partial charge in [-0.15, -0.1) is 11.3 Å². The summed E-state index contributed by atoms with van der Waals surface area (Å²) in [5.41, 5.74) is 8.79. The highest BCUT2D eigenvalue weighted by Gasteiger charge is 2.17. The van der Waals surface area contributed by atoms with E-state index in [-0.39, 0.29) is 0 Å². The van der Waals surface area contributed by atoms with Crippen LogP contribution < -0.4 is 0 Å². The van der Waals surface area contributed by atoms with Crippen LogP contribution >= 0.6 is 11.3 Å². The van der Waals surface area contributed by atoms with E-state index in [1.807, 2.05) is 24.3 Å². The van der Waals surface area contributed by atoms with Crippen LogP contribution in [0.15, 0.2) is 158 Å². The van der Waals surface area contributed by atoms with Gasteiger partial charge in [-0.05, 0) is 22.9 Å². The molecule has 0 radical (unpaired) electrons. The van der Waals surface area contributed by atoms with Crippen LogP contribution in [0.1, 0.15) is 0 Å². The Morgan fingerprint density at radius 3 is 1.77 bits per heavy atom. The molecule has 47 heavy (non-hydrogen) atoms. The SMILES string of the molecule is c1ccc(-c2cc(-c3cccc4ccccc34)nc(-c3ccc(-c4nc(-c5ccccc5)c5sc6ccccc6c5n4)cc3)n2)cc1. The molecule has 220 valence electrons. The quantitative estimate of drug-likeness (QED) is 0.193. The van der Waals surface area contributed by atoms with Crippen molar-refractivity contribution in [2.75, 3.05) is 0 Å². The minimum Gasteiger partial charge on any atom is -0.228 e. The fourth-order valence-electron chi connectivity index (χ4n) is 6.20. The van der Waals surface area contributed by atoms with Gasteiger partial charge in [-0.1, -0.05) is 146 Å². The summed E-state index contributed by atoms with van der Waals surface area (Å²) >= 11 is 1.74. The van der Waals surface area contributed by atoms with Gasteiger partial charge in [0, 0.05) is 37.9 Å². The molecular formula is C42H26N4S. The second kappa shape index (κ2) is 11.4. The summed E-state index contributed by atoms with van der Waals surface area (Å²) in [5, 5.41) is 3.50. The van der Waals surface area contributed by atoms with Gasteiger partial charge in [0.1, 0.15) is 0 Å². The van der Waals surface area contributed by atoms with Crippen LogP contribution in [0.25, 0.3) is 87.6 Å². The van der Waals surface area contributed by atoms with Crippen LogP contribution in [0.2, 0.25) is 0 Å². The number of aromatic nitrogens is 4. The van der Waals surface area contributed by atoms with E-state index in [1.54, 1.807) is 11.3 Å². The molecule has 0 aliphatic rings. The number of hydrogen-bond donors (Lipinski definition) is 0. The minimum absolute atomic E-state index is 0.672. The van der Waals surface area contributed by atoms with Gasteiger partial charge in [-0.2, -0.15) is 0 Å². The van der Waals surface area contributed by atoms with Crippen molar-refractivity contribution in [1.82, 2.24) is 19.9 Å². The molecule has 0 bridgehead atoms. The highest BCUT2D eigenvalue weighted by Crippen LogP contribution is 2.39. The van der Waals surface area contributed by atoms with E-state index in [0.717, 1.165) is 65.9 Å². The fourth-order valence-corrected chi connectivity index (χ4v) is 7.35. The molecule has 0 N–H and O–H groups in total. The lowest BCUT2D eigenvalue weighted by molar-refractivity contribution is 1.18. The van der Waals surface area contributed by atoms with Crippen LogP contribution in [-0.4, -0.2) is 19.9 Å². The maximum atomic E-state index is 5.14. The minimum atomic E-state index is 0.672. The molecular weight excluding hydrogens is 593 g/mol. The number of thiophene rings is 1. The molecule has 0 saturated carbocycles. The Labute approximate surface area is 275 Å². The van der Waals surface area contributed by atoms with Crippen molar-refractivity contribution in [1.29, 1.82) is 0 Å². The molecule has 0 aliphatic heterocycles. The summed E-state index contributed by atoms with van der Waals surface area (Å²) in [6, 6.07) is 54.3. The third-order valence-electron chi connectivity index (χ3n) is 8.53. The molecule has 0 spiro atoms. The van der Waals surface area contributed by atoms with Gasteiger partial charge in [0.05, 0.1) is 27.3 Å². The maximum Gasteiger partial charge on any atom is 0.160 e. The third-order valence-corrected chi connectivity index (χ3v) is 9.70. The van der Waals surface area contributed by atoms with E-state index in [9.17, 15) is 0 Å². The zero-order valence-corrected chi connectivity index (χ0v) is 26.0. The van der Waals surface area contributed by atoms with E-state index in [1.165, 1.54) is 10.1 Å². The van der Waals surface area contributed by atoms with Gasteiger partial charge in [-0.25, -0.2) is 19.9 Å². The highest BCUT2D eigenvalue weighted by molar-refractivity contribution is 7.26. The van der Waals surface area contributed by atoms with E-state index in [2.05, 4.69) is 133 Å². The summed E-state index contributed by atoms with van der Waals surface area (Å²) in [6.45, 7) is 0. The lowest BCUT2D eigenvalue weighted by atomic mass is 10.0. The van der Waals surface area contributed by atoms with Crippen molar-refractivity contribution >= 4 is 42.4 Å². The van der Waals surface area contributed by atoms with Gasteiger partial charge in [-0.3, -0.25) is 0 Å². The second-order valence-corrected chi connectivity index (χ2v) is 12.5. The molecule has 0 fully saturated rings. The van der Waals surface area contributed by atoms with Gasteiger partial charge >= 0.3 is 0 Å². The summed E-state index contributed by atoms with van der Waals surface area (Å²) in [7, 11) is 0. The first-order chi connectivity index (χ1) is 23.3. The summed E-state index contributed by atoms with van der Waals surface area (Å²) < 4.78 is 2.31. The molecule has 0 aliphatic carbocycles. The van der Waals surface area contributed by atoms with Gasteiger partial charge < -0.3 is 0 Å². The topological polar surface area (TPSA) is 51.6 Å². The van der Waals surface area contributed by atoms with Crippen LogP contribution in [0.3, 0.4) is 0 Å². The molecule has 3 aromatic heterocycles. The maximum absolute atomic E-state index is 5.14. The molecule has 0 amide bonds. The van der Waals surface area contributed by atoms with Gasteiger partial charge in [0.2, 0.25) is 0 Å². The normalized spacial score (nSPS) is 11.4. The standard InChI is InChI=1S/C42H26N4S/c1-3-13-28(14-4-1)35-26-36(33-20-11-17-27-12-7-8-18-32(27)33)44-41(43-35)30-22-24-31(25-23-30)42-45-38(29-15-5-2-6-16-29)40-39(46-42)34-19-9-10-21-37(34)47-40/h1-26H. The molecule has 6 aromatic carbocycles. The van der Waals surface area contributed by atoms with Crippen LogP contribution in [0, 0.1) is 0 Å². The van der Waals surface area contributed by atoms with Crippen LogP contribution in [-0.2, 0) is 0 Å². The Kier molecular flexibility index (Phi) is 6.61. The van der Waals surface area contributed by atoms with Crippen molar-refractivity contribution < 1.29 is 0 Å². The number of fused-ring (bicyclic) bond motifs is 4. The van der Waals surface area contributed by atoms with E-state index in [4.69, 9.17) is 19.9 Å². The van der Waals surface area contributed by atoms with Gasteiger partial charge in [0.25, 0.3) is 0 Å². The average Bonchev–Trinajstić information content (AvgIpc) is 3.53. The largest absolute Gasteiger partial charge is 0.228 e. The molecule has 9 aromatic rings. The lowest BCUT2D eigenvalue weighted by Gasteiger charge is -2.12. The summed E-state index contributed by atoms with van der Waals surface area (Å²) in [6.07, 6.45) is 0.